The molecule has 1 aromatic heterocycles. The van der Waals surface area contributed by atoms with E-state index in [-0.39, 0.29) is 11.7 Å². The zero-order chi connectivity index (χ0) is 15.1. The van der Waals surface area contributed by atoms with Gasteiger partial charge in [-0.25, -0.2) is 4.39 Å². The Kier molecular flexibility index (Phi) is 5.90. The van der Waals surface area contributed by atoms with Crippen LogP contribution in [0, 0.1) is 5.82 Å². The molecule has 0 aliphatic rings. The van der Waals surface area contributed by atoms with Crippen LogP contribution in [0.4, 0.5) is 4.39 Å². The lowest BCUT2D eigenvalue weighted by atomic mass is 9.93. The first kappa shape index (κ1) is 15.7. The quantitative estimate of drug-likeness (QED) is 0.757. The van der Waals surface area contributed by atoms with Gasteiger partial charge in [0.2, 0.25) is 0 Å². The van der Waals surface area contributed by atoms with Gasteiger partial charge in [-0.2, -0.15) is 5.10 Å². The Morgan fingerprint density at radius 1 is 1.33 bits per heavy atom. The van der Waals surface area contributed by atoms with Crippen molar-refractivity contribution < 1.29 is 9.13 Å². The maximum atomic E-state index is 14.0. The first-order valence-corrected chi connectivity index (χ1v) is 7.13. The monoisotopic (exact) mass is 291 g/mol. The molecule has 1 unspecified atom stereocenters. The van der Waals surface area contributed by atoms with Crippen LogP contribution in [0.25, 0.3) is 0 Å². The van der Waals surface area contributed by atoms with Crippen molar-refractivity contribution in [2.45, 2.75) is 12.3 Å². The van der Waals surface area contributed by atoms with Crippen LogP contribution in [0.2, 0.25) is 0 Å². The maximum Gasteiger partial charge on any atom is 0.126 e. The van der Waals surface area contributed by atoms with Gasteiger partial charge in [0.15, 0.2) is 0 Å². The number of rotatable bonds is 8. The van der Waals surface area contributed by atoms with Crippen molar-refractivity contribution in [1.29, 1.82) is 0 Å². The summed E-state index contributed by atoms with van der Waals surface area (Å²) >= 11 is 0. The summed E-state index contributed by atoms with van der Waals surface area (Å²) < 4.78 is 20.8. The molecular weight excluding hydrogens is 269 g/mol. The SMILES string of the molecule is COCCNCC(Cc1ccn(C)n1)c1ccccc1F. The number of nitrogens with zero attached hydrogens (tertiary/aromatic N) is 2. The van der Waals surface area contributed by atoms with Gasteiger partial charge in [0.05, 0.1) is 12.3 Å². The van der Waals surface area contributed by atoms with Crippen molar-refractivity contribution in [3.8, 4) is 0 Å². The van der Waals surface area contributed by atoms with Gasteiger partial charge in [-0.3, -0.25) is 4.68 Å². The minimum Gasteiger partial charge on any atom is -0.383 e. The highest BCUT2D eigenvalue weighted by atomic mass is 19.1. The van der Waals surface area contributed by atoms with Crippen molar-refractivity contribution in [3.05, 3.63) is 53.6 Å². The number of aryl methyl sites for hydroxylation is 1. The van der Waals surface area contributed by atoms with E-state index < -0.39 is 0 Å². The van der Waals surface area contributed by atoms with Crippen LogP contribution in [0.5, 0.6) is 0 Å². The summed E-state index contributed by atoms with van der Waals surface area (Å²) in [6.07, 6.45) is 2.62. The van der Waals surface area contributed by atoms with E-state index in [4.69, 9.17) is 4.74 Å². The van der Waals surface area contributed by atoms with Crippen LogP contribution in [-0.2, 0) is 18.2 Å². The lowest BCUT2D eigenvalue weighted by Crippen LogP contribution is -2.26. The maximum absolute atomic E-state index is 14.0. The predicted molar refractivity (Wildman–Crippen MR) is 80.8 cm³/mol. The Morgan fingerprint density at radius 2 is 2.14 bits per heavy atom. The fourth-order valence-electron chi connectivity index (χ4n) is 2.37. The number of nitrogens with one attached hydrogen (secondary N) is 1. The summed E-state index contributed by atoms with van der Waals surface area (Å²) in [5.41, 5.74) is 1.70. The lowest BCUT2D eigenvalue weighted by molar-refractivity contribution is 0.199. The van der Waals surface area contributed by atoms with Gasteiger partial charge in [-0.15, -0.1) is 0 Å². The largest absolute Gasteiger partial charge is 0.383 e. The van der Waals surface area contributed by atoms with Crippen molar-refractivity contribution in [3.63, 3.8) is 0 Å². The normalized spacial score (nSPS) is 12.5. The number of hydrogen-bond acceptors (Lipinski definition) is 3. The summed E-state index contributed by atoms with van der Waals surface area (Å²) in [6.45, 7) is 2.10. The molecule has 0 saturated carbocycles. The molecule has 1 heterocycles. The summed E-state index contributed by atoms with van der Waals surface area (Å²) in [5, 5.41) is 7.70. The molecule has 21 heavy (non-hydrogen) atoms. The summed E-state index contributed by atoms with van der Waals surface area (Å²) in [7, 11) is 3.56. The predicted octanol–water partition coefficient (Wildman–Crippen LogP) is 2.12. The third kappa shape index (κ3) is 4.65. The number of halogens is 1. The molecule has 2 aromatic rings. The van der Waals surface area contributed by atoms with E-state index >= 15 is 0 Å². The molecule has 1 N–H and O–H groups in total. The van der Waals surface area contributed by atoms with E-state index in [9.17, 15) is 4.39 Å². The van der Waals surface area contributed by atoms with Crippen molar-refractivity contribution in [1.82, 2.24) is 15.1 Å². The fourth-order valence-corrected chi connectivity index (χ4v) is 2.37. The van der Waals surface area contributed by atoms with Crippen LogP contribution in [0.15, 0.2) is 36.5 Å². The molecule has 0 bridgehead atoms. The molecule has 4 nitrogen and oxygen atoms in total. The third-order valence-corrected chi connectivity index (χ3v) is 3.44. The topological polar surface area (TPSA) is 39.1 Å². The molecule has 5 heteroatoms. The van der Waals surface area contributed by atoms with Crippen LogP contribution in [0.3, 0.4) is 0 Å². The number of methoxy groups -OCH3 is 1. The Hall–Kier alpha value is -1.72. The van der Waals surface area contributed by atoms with E-state index in [0.717, 1.165) is 17.8 Å². The molecule has 0 spiro atoms. The molecule has 2 rings (SSSR count). The lowest BCUT2D eigenvalue weighted by Gasteiger charge is -2.18. The first-order chi connectivity index (χ1) is 10.2. The molecule has 0 radical (unpaired) electrons. The summed E-state index contributed by atoms with van der Waals surface area (Å²) in [4.78, 5) is 0. The van der Waals surface area contributed by atoms with E-state index in [1.165, 1.54) is 6.07 Å². The van der Waals surface area contributed by atoms with Gasteiger partial charge in [-0.1, -0.05) is 18.2 Å². The van der Waals surface area contributed by atoms with Gasteiger partial charge in [0, 0.05) is 39.4 Å². The second-order valence-electron chi connectivity index (χ2n) is 5.10. The smallest absolute Gasteiger partial charge is 0.126 e. The highest BCUT2D eigenvalue weighted by Crippen LogP contribution is 2.22. The number of hydrogen-bond donors (Lipinski definition) is 1. The Balaban J connectivity index is 2.08. The highest BCUT2D eigenvalue weighted by molar-refractivity contribution is 5.24. The molecule has 1 aromatic carbocycles. The average molecular weight is 291 g/mol. The number of ether oxygens (including phenoxy) is 1. The van der Waals surface area contributed by atoms with E-state index in [1.807, 2.05) is 31.4 Å². The van der Waals surface area contributed by atoms with Gasteiger partial charge in [0.25, 0.3) is 0 Å². The number of benzene rings is 1. The number of aromatic nitrogens is 2. The van der Waals surface area contributed by atoms with E-state index in [0.29, 0.717) is 19.6 Å². The van der Waals surface area contributed by atoms with Gasteiger partial charge >= 0.3 is 0 Å². The first-order valence-electron chi connectivity index (χ1n) is 7.13. The van der Waals surface area contributed by atoms with Crippen molar-refractivity contribution in [2.75, 3.05) is 26.8 Å². The summed E-state index contributed by atoms with van der Waals surface area (Å²) in [6, 6.07) is 8.92. The minimum absolute atomic E-state index is 0.0537. The van der Waals surface area contributed by atoms with Crippen LogP contribution in [0.1, 0.15) is 17.2 Å². The van der Waals surface area contributed by atoms with Crippen molar-refractivity contribution in [2.24, 2.45) is 7.05 Å². The summed E-state index contributed by atoms with van der Waals surface area (Å²) in [5.74, 6) is -0.107. The molecule has 0 aliphatic carbocycles. The van der Waals surface area contributed by atoms with Crippen LogP contribution < -0.4 is 5.32 Å². The third-order valence-electron chi connectivity index (χ3n) is 3.44. The molecule has 0 saturated heterocycles. The fraction of sp³-hybridized carbons (Fsp3) is 0.438. The zero-order valence-electron chi connectivity index (χ0n) is 12.6. The second-order valence-corrected chi connectivity index (χ2v) is 5.10. The minimum atomic E-state index is -0.160. The molecule has 1 atom stereocenters. The molecule has 0 fully saturated rings. The second kappa shape index (κ2) is 7.90. The Bertz CT molecular complexity index is 556. The van der Waals surface area contributed by atoms with Gasteiger partial charge < -0.3 is 10.1 Å². The molecule has 0 aliphatic heterocycles. The standard InChI is InChI=1S/C16H22FN3O/c1-20-9-7-14(19-20)11-13(12-18-8-10-21-2)15-5-3-4-6-16(15)17/h3-7,9,13,18H,8,10-12H2,1-2H3. The molecular formula is C16H22FN3O. The van der Waals surface area contributed by atoms with Gasteiger partial charge in [-0.05, 0) is 24.1 Å². The van der Waals surface area contributed by atoms with E-state index in [1.54, 1.807) is 17.9 Å². The molecule has 0 amide bonds. The Morgan fingerprint density at radius 3 is 2.81 bits per heavy atom. The zero-order valence-corrected chi connectivity index (χ0v) is 12.6. The van der Waals surface area contributed by atoms with Crippen LogP contribution >= 0.6 is 0 Å². The van der Waals surface area contributed by atoms with Crippen LogP contribution in [-0.4, -0.2) is 36.6 Å². The van der Waals surface area contributed by atoms with E-state index in [2.05, 4.69) is 10.4 Å². The Labute approximate surface area is 124 Å². The van der Waals surface area contributed by atoms with Crippen molar-refractivity contribution >= 4 is 0 Å². The average Bonchev–Trinajstić information content (AvgIpc) is 2.88. The highest BCUT2D eigenvalue weighted by Gasteiger charge is 2.17. The molecule has 114 valence electrons. The van der Waals surface area contributed by atoms with Gasteiger partial charge in [0.1, 0.15) is 5.82 Å².